The highest BCUT2D eigenvalue weighted by Crippen LogP contribution is 2.24. The van der Waals surface area contributed by atoms with Crippen LogP contribution in [0.1, 0.15) is 13.8 Å². The van der Waals surface area contributed by atoms with Crippen LogP contribution in [0, 0.1) is 0 Å². The number of ether oxygens (including phenoxy) is 3. The lowest BCUT2D eigenvalue weighted by molar-refractivity contribution is 0.219. The number of hydrogen-bond acceptors (Lipinski definition) is 7. The fourth-order valence-corrected chi connectivity index (χ4v) is 1.43. The van der Waals surface area contributed by atoms with E-state index in [0.717, 1.165) is 0 Å². The van der Waals surface area contributed by atoms with Gasteiger partial charge in [0, 0.05) is 6.07 Å². The molecule has 7 nitrogen and oxygen atoms in total. The minimum atomic E-state index is -0.0681. The molecule has 1 aromatic heterocycles. The Morgan fingerprint density at radius 2 is 1.75 bits per heavy atom. The van der Waals surface area contributed by atoms with Gasteiger partial charge < -0.3 is 19.9 Å². The molecule has 2 rings (SSSR count). The fourth-order valence-electron chi connectivity index (χ4n) is 1.43. The van der Waals surface area contributed by atoms with Crippen molar-refractivity contribution in [2.75, 3.05) is 12.8 Å². The topological polar surface area (TPSA) is 92.4 Å². The van der Waals surface area contributed by atoms with Crippen LogP contribution in [-0.2, 0) is 0 Å². The molecule has 0 unspecified atom stereocenters. The van der Waals surface area contributed by atoms with Crippen molar-refractivity contribution in [2.24, 2.45) is 0 Å². The molecule has 0 aliphatic rings. The average Bonchev–Trinajstić information content (AvgIpc) is 2.37. The van der Waals surface area contributed by atoms with Crippen molar-refractivity contribution in [2.45, 2.75) is 20.0 Å². The molecular weight excluding hydrogens is 260 g/mol. The molecule has 106 valence electrons. The number of nitrogen functional groups attached to an aromatic ring is 1. The molecule has 0 radical (unpaired) electrons. The maximum atomic E-state index is 5.60. The zero-order valence-electron chi connectivity index (χ0n) is 11.5. The molecule has 7 heteroatoms. The molecule has 0 amide bonds. The summed E-state index contributed by atoms with van der Waals surface area (Å²) in [6, 6.07) is 7.27. The lowest BCUT2D eigenvalue weighted by Crippen LogP contribution is -2.11. The number of nitrogens with two attached hydrogens (primary N) is 1. The molecular formula is C13H16N4O3. The number of methoxy groups -OCH3 is 1. The molecule has 0 atom stereocenters. The molecule has 0 spiro atoms. The van der Waals surface area contributed by atoms with Crippen LogP contribution in [-0.4, -0.2) is 28.2 Å². The van der Waals surface area contributed by atoms with E-state index in [9.17, 15) is 0 Å². The van der Waals surface area contributed by atoms with Crippen molar-refractivity contribution in [3.8, 4) is 23.5 Å². The third-order valence-electron chi connectivity index (χ3n) is 2.20. The third-order valence-corrected chi connectivity index (χ3v) is 2.20. The van der Waals surface area contributed by atoms with E-state index in [1.807, 2.05) is 19.9 Å². The summed E-state index contributed by atoms with van der Waals surface area (Å²) >= 11 is 0. The zero-order valence-corrected chi connectivity index (χ0v) is 11.5. The van der Waals surface area contributed by atoms with Gasteiger partial charge in [-0.2, -0.15) is 9.97 Å². The highest BCUT2D eigenvalue weighted by Gasteiger charge is 2.09. The molecule has 2 aromatic rings. The van der Waals surface area contributed by atoms with Crippen LogP contribution >= 0.6 is 0 Å². The minimum absolute atomic E-state index is 0.0357. The van der Waals surface area contributed by atoms with Gasteiger partial charge in [0.2, 0.25) is 5.95 Å². The Bertz CT molecular complexity index is 590. The Labute approximate surface area is 116 Å². The second-order valence-electron chi connectivity index (χ2n) is 4.21. The van der Waals surface area contributed by atoms with Crippen LogP contribution in [0.2, 0.25) is 0 Å². The maximum Gasteiger partial charge on any atom is 0.330 e. The predicted molar refractivity (Wildman–Crippen MR) is 73.1 cm³/mol. The first kappa shape index (κ1) is 13.9. The molecule has 0 aliphatic carbocycles. The van der Waals surface area contributed by atoms with Gasteiger partial charge in [-0.3, -0.25) is 0 Å². The van der Waals surface area contributed by atoms with Crippen LogP contribution in [0.25, 0.3) is 0 Å². The number of benzene rings is 1. The number of nitrogens with zero attached hydrogens (tertiary/aromatic N) is 3. The molecule has 0 aliphatic heterocycles. The Morgan fingerprint density at radius 1 is 1.05 bits per heavy atom. The van der Waals surface area contributed by atoms with Gasteiger partial charge >= 0.3 is 12.0 Å². The average molecular weight is 276 g/mol. The first-order valence-corrected chi connectivity index (χ1v) is 6.07. The van der Waals surface area contributed by atoms with E-state index in [1.165, 1.54) is 0 Å². The summed E-state index contributed by atoms with van der Waals surface area (Å²) in [6.45, 7) is 3.73. The van der Waals surface area contributed by atoms with Crippen molar-refractivity contribution in [3.05, 3.63) is 24.3 Å². The van der Waals surface area contributed by atoms with Crippen molar-refractivity contribution in [1.29, 1.82) is 0 Å². The van der Waals surface area contributed by atoms with Gasteiger partial charge in [0.05, 0.1) is 13.2 Å². The maximum absolute atomic E-state index is 5.60. The molecule has 0 saturated carbocycles. The van der Waals surface area contributed by atoms with Crippen LogP contribution < -0.4 is 19.9 Å². The lowest BCUT2D eigenvalue weighted by atomic mass is 10.3. The smallest absolute Gasteiger partial charge is 0.330 e. The standard InChI is InChI=1S/C13H16N4O3/c1-8(2)19-12-15-11(14)16-13(17-12)20-10-6-4-5-9(7-10)18-3/h4-8H,1-3H3,(H2,14,15,16,17). The number of aromatic nitrogens is 3. The first-order chi connectivity index (χ1) is 9.56. The van der Waals surface area contributed by atoms with Gasteiger partial charge in [0.15, 0.2) is 0 Å². The van der Waals surface area contributed by atoms with Gasteiger partial charge in [-0.15, -0.1) is 4.98 Å². The van der Waals surface area contributed by atoms with E-state index in [0.29, 0.717) is 11.5 Å². The summed E-state index contributed by atoms with van der Waals surface area (Å²) in [7, 11) is 1.58. The van der Waals surface area contributed by atoms with Crippen LogP contribution in [0.5, 0.6) is 23.5 Å². The number of hydrogen-bond donors (Lipinski definition) is 1. The normalized spacial score (nSPS) is 10.4. The molecule has 0 fully saturated rings. The Balaban J connectivity index is 2.21. The molecule has 2 N–H and O–H groups in total. The van der Waals surface area contributed by atoms with Gasteiger partial charge in [-0.1, -0.05) is 6.07 Å². The van der Waals surface area contributed by atoms with E-state index >= 15 is 0 Å². The summed E-state index contributed by atoms with van der Waals surface area (Å²) < 4.78 is 16.0. The van der Waals surface area contributed by atoms with Crippen LogP contribution in [0.4, 0.5) is 5.95 Å². The van der Waals surface area contributed by atoms with Crippen LogP contribution in [0.15, 0.2) is 24.3 Å². The monoisotopic (exact) mass is 276 g/mol. The van der Waals surface area contributed by atoms with Crippen molar-refractivity contribution >= 4 is 5.95 Å². The second-order valence-corrected chi connectivity index (χ2v) is 4.21. The highest BCUT2D eigenvalue weighted by atomic mass is 16.5. The van der Waals surface area contributed by atoms with Gasteiger partial charge in [-0.05, 0) is 26.0 Å². The lowest BCUT2D eigenvalue weighted by Gasteiger charge is -2.09. The van der Waals surface area contributed by atoms with Gasteiger partial charge in [0.25, 0.3) is 0 Å². The van der Waals surface area contributed by atoms with Crippen molar-refractivity contribution in [3.63, 3.8) is 0 Å². The molecule has 0 bridgehead atoms. The highest BCUT2D eigenvalue weighted by molar-refractivity contribution is 5.34. The van der Waals surface area contributed by atoms with E-state index in [4.69, 9.17) is 19.9 Å². The van der Waals surface area contributed by atoms with Crippen molar-refractivity contribution < 1.29 is 14.2 Å². The van der Waals surface area contributed by atoms with E-state index in [2.05, 4.69) is 15.0 Å². The van der Waals surface area contributed by atoms with Gasteiger partial charge in [0.1, 0.15) is 11.5 Å². The van der Waals surface area contributed by atoms with Gasteiger partial charge in [-0.25, -0.2) is 0 Å². The molecule has 1 heterocycles. The zero-order chi connectivity index (χ0) is 14.5. The summed E-state index contributed by atoms with van der Waals surface area (Å²) in [5.41, 5.74) is 5.60. The van der Waals surface area contributed by atoms with Crippen molar-refractivity contribution in [1.82, 2.24) is 15.0 Å². The minimum Gasteiger partial charge on any atom is -0.497 e. The molecule has 20 heavy (non-hydrogen) atoms. The second kappa shape index (κ2) is 6.05. The first-order valence-electron chi connectivity index (χ1n) is 6.07. The molecule has 0 saturated heterocycles. The van der Waals surface area contributed by atoms with Crippen LogP contribution in [0.3, 0.4) is 0 Å². The quantitative estimate of drug-likeness (QED) is 0.893. The van der Waals surface area contributed by atoms with E-state index in [1.54, 1.807) is 25.3 Å². The number of rotatable bonds is 5. The Morgan fingerprint density at radius 3 is 2.45 bits per heavy atom. The summed E-state index contributed by atoms with van der Waals surface area (Å²) in [4.78, 5) is 11.8. The summed E-state index contributed by atoms with van der Waals surface area (Å²) in [5.74, 6) is 1.24. The fraction of sp³-hybridized carbons (Fsp3) is 0.308. The van der Waals surface area contributed by atoms with E-state index in [-0.39, 0.29) is 24.1 Å². The predicted octanol–water partition coefficient (Wildman–Crippen LogP) is 2.04. The molecule has 1 aromatic carbocycles. The largest absolute Gasteiger partial charge is 0.497 e. The number of anilines is 1. The Kier molecular flexibility index (Phi) is 4.19. The van der Waals surface area contributed by atoms with E-state index < -0.39 is 0 Å². The SMILES string of the molecule is COc1cccc(Oc2nc(N)nc(OC(C)C)n2)c1. The Hall–Kier alpha value is -2.57. The third kappa shape index (κ3) is 3.71. The summed E-state index contributed by atoms with van der Waals surface area (Å²) in [5, 5.41) is 0. The summed E-state index contributed by atoms with van der Waals surface area (Å²) in [6.07, 6.45) is -0.0681.